The minimum Gasteiger partial charge on any atom is -0.478 e. The highest BCUT2D eigenvalue weighted by Crippen LogP contribution is 2.07. The fourth-order valence-electron chi connectivity index (χ4n) is 1.46. The average molecular weight is 316 g/mol. The number of ether oxygens (including phenoxy) is 1. The number of rotatable bonds is 9. The number of amides is 1. The van der Waals surface area contributed by atoms with Gasteiger partial charge in [0.05, 0.1) is 17.9 Å². The molecule has 0 saturated carbocycles. The number of carboxylic acids is 1. The van der Waals surface area contributed by atoms with Crippen molar-refractivity contribution in [2.45, 2.75) is 5.75 Å². The zero-order valence-corrected chi connectivity index (χ0v) is 11.9. The number of aromatic carboxylic acids is 1. The number of carboxylic acid groups (broad SMARTS) is 1. The number of primary amides is 1. The minimum absolute atomic E-state index is 0.0167. The average Bonchev–Trinajstić information content (AvgIpc) is 2.38. The Kier molecular flexibility index (Phi) is 6.28. The van der Waals surface area contributed by atoms with Crippen molar-refractivity contribution in [3.05, 3.63) is 35.4 Å². The number of nitrogens with two attached hydrogens (primary N) is 1. The molecule has 0 bridgehead atoms. The zero-order chi connectivity index (χ0) is 15.9. The predicted molar refractivity (Wildman–Crippen MR) is 74.0 cm³/mol. The van der Waals surface area contributed by atoms with Gasteiger partial charge < -0.3 is 15.6 Å². The number of benzene rings is 1. The Labute approximate surface area is 122 Å². The van der Waals surface area contributed by atoms with Crippen molar-refractivity contribution in [2.75, 3.05) is 19.8 Å². The maximum Gasteiger partial charge on any atom is 0.335 e. The Morgan fingerprint density at radius 2 is 1.86 bits per heavy atom. The van der Waals surface area contributed by atoms with Crippen LogP contribution in [0.5, 0.6) is 0 Å². The summed E-state index contributed by atoms with van der Waals surface area (Å²) in [6.07, 6.45) is 0. The van der Waals surface area contributed by atoms with Crippen molar-refractivity contribution >= 4 is 21.9 Å². The third kappa shape index (κ3) is 6.84. The van der Waals surface area contributed by atoms with E-state index in [9.17, 15) is 18.0 Å². The first-order chi connectivity index (χ1) is 9.80. The van der Waals surface area contributed by atoms with Gasteiger partial charge in [0.2, 0.25) is 15.9 Å². The van der Waals surface area contributed by atoms with Gasteiger partial charge in [-0.15, -0.1) is 0 Å². The molecule has 9 heteroatoms. The van der Waals surface area contributed by atoms with E-state index in [1.165, 1.54) is 24.3 Å². The van der Waals surface area contributed by atoms with Crippen molar-refractivity contribution in [3.8, 4) is 0 Å². The van der Waals surface area contributed by atoms with E-state index in [1.54, 1.807) is 0 Å². The smallest absolute Gasteiger partial charge is 0.335 e. The van der Waals surface area contributed by atoms with Gasteiger partial charge in [-0.3, -0.25) is 4.79 Å². The molecule has 1 aromatic carbocycles. The summed E-state index contributed by atoms with van der Waals surface area (Å²) in [6, 6.07) is 5.55. The number of hydrogen-bond acceptors (Lipinski definition) is 5. The van der Waals surface area contributed by atoms with Crippen molar-refractivity contribution in [1.82, 2.24) is 4.72 Å². The van der Waals surface area contributed by atoms with Crippen molar-refractivity contribution < 1.29 is 27.9 Å². The molecule has 21 heavy (non-hydrogen) atoms. The molecule has 0 heterocycles. The second-order valence-corrected chi connectivity index (χ2v) is 5.98. The van der Waals surface area contributed by atoms with Crippen molar-refractivity contribution in [2.24, 2.45) is 5.73 Å². The first-order valence-electron chi connectivity index (χ1n) is 5.96. The SMILES string of the molecule is NC(=O)COCCNS(=O)(=O)Cc1ccc(C(=O)O)cc1. The van der Waals surface area contributed by atoms with Gasteiger partial charge >= 0.3 is 5.97 Å². The van der Waals surface area contributed by atoms with Gasteiger partial charge in [0, 0.05) is 6.54 Å². The quantitative estimate of drug-likeness (QED) is 0.516. The zero-order valence-electron chi connectivity index (χ0n) is 11.1. The lowest BCUT2D eigenvalue weighted by Crippen LogP contribution is -2.29. The number of nitrogens with one attached hydrogen (secondary N) is 1. The van der Waals surface area contributed by atoms with Crippen LogP contribution >= 0.6 is 0 Å². The number of sulfonamides is 1. The number of carbonyl (C=O) groups is 2. The second-order valence-electron chi connectivity index (χ2n) is 4.17. The summed E-state index contributed by atoms with van der Waals surface area (Å²) < 4.78 is 30.6. The Hall–Kier alpha value is -1.97. The van der Waals surface area contributed by atoms with Crippen LogP contribution in [0, 0.1) is 0 Å². The lowest BCUT2D eigenvalue weighted by Gasteiger charge is -2.07. The van der Waals surface area contributed by atoms with Crippen LogP contribution in [0.15, 0.2) is 24.3 Å². The van der Waals surface area contributed by atoms with Gasteiger partial charge in [-0.1, -0.05) is 12.1 Å². The molecule has 1 aromatic rings. The Bertz CT molecular complexity index is 597. The van der Waals surface area contributed by atoms with Gasteiger partial charge in [0.25, 0.3) is 0 Å². The standard InChI is InChI=1S/C12H16N2O6S/c13-11(15)7-20-6-5-14-21(18,19)8-9-1-3-10(4-2-9)12(16)17/h1-4,14H,5-8H2,(H2,13,15)(H,16,17). The molecular formula is C12H16N2O6S. The lowest BCUT2D eigenvalue weighted by atomic mass is 10.1. The van der Waals surface area contributed by atoms with Crippen LogP contribution in [0.1, 0.15) is 15.9 Å². The molecule has 0 fully saturated rings. The minimum atomic E-state index is -3.56. The third-order valence-corrected chi connectivity index (χ3v) is 3.73. The van der Waals surface area contributed by atoms with Crippen LogP contribution < -0.4 is 10.5 Å². The molecule has 0 aliphatic carbocycles. The van der Waals surface area contributed by atoms with E-state index in [0.29, 0.717) is 5.56 Å². The molecule has 0 spiro atoms. The molecule has 116 valence electrons. The van der Waals surface area contributed by atoms with Crippen molar-refractivity contribution in [3.63, 3.8) is 0 Å². The molecule has 0 unspecified atom stereocenters. The topological polar surface area (TPSA) is 136 Å². The lowest BCUT2D eigenvalue weighted by molar-refractivity contribution is -0.122. The van der Waals surface area contributed by atoms with Gasteiger partial charge in [0.1, 0.15) is 6.61 Å². The van der Waals surface area contributed by atoms with Crippen molar-refractivity contribution in [1.29, 1.82) is 0 Å². The molecule has 0 saturated heterocycles. The van der Waals surface area contributed by atoms with E-state index in [-0.39, 0.29) is 31.1 Å². The van der Waals surface area contributed by atoms with E-state index >= 15 is 0 Å². The largest absolute Gasteiger partial charge is 0.478 e. The van der Waals surface area contributed by atoms with Crippen LogP contribution in [-0.4, -0.2) is 45.2 Å². The van der Waals surface area contributed by atoms with Crippen LogP contribution in [0.25, 0.3) is 0 Å². The van der Waals surface area contributed by atoms with Crippen LogP contribution in [0.2, 0.25) is 0 Å². The molecule has 0 radical (unpaired) electrons. The van der Waals surface area contributed by atoms with Crippen LogP contribution in [0.4, 0.5) is 0 Å². The maximum atomic E-state index is 11.7. The first kappa shape index (κ1) is 17.1. The molecule has 4 N–H and O–H groups in total. The summed E-state index contributed by atoms with van der Waals surface area (Å²) in [5, 5.41) is 8.74. The van der Waals surface area contributed by atoms with E-state index in [4.69, 9.17) is 15.6 Å². The highest BCUT2D eigenvalue weighted by Gasteiger charge is 2.11. The summed E-state index contributed by atoms with van der Waals surface area (Å²) in [5.74, 6) is -1.98. The molecular weight excluding hydrogens is 300 g/mol. The Morgan fingerprint density at radius 3 is 2.38 bits per heavy atom. The van der Waals surface area contributed by atoms with Gasteiger partial charge in [-0.05, 0) is 17.7 Å². The highest BCUT2D eigenvalue weighted by molar-refractivity contribution is 7.88. The summed E-state index contributed by atoms with van der Waals surface area (Å²) in [6.45, 7) is -0.221. The molecule has 1 rings (SSSR count). The van der Waals surface area contributed by atoms with Gasteiger partial charge in [-0.2, -0.15) is 0 Å². The van der Waals surface area contributed by atoms with E-state index in [0.717, 1.165) is 0 Å². The predicted octanol–water partition coefficient (Wildman–Crippen LogP) is -0.694. The second kappa shape index (κ2) is 7.72. The normalized spacial score (nSPS) is 11.2. The van der Waals surface area contributed by atoms with Crippen LogP contribution in [0.3, 0.4) is 0 Å². The summed E-state index contributed by atoms with van der Waals surface area (Å²) in [4.78, 5) is 21.1. The number of hydrogen-bond donors (Lipinski definition) is 3. The fourth-order valence-corrected chi connectivity index (χ4v) is 2.58. The molecule has 0 aliphatic heterocycles. The fraction of sp³-hybridized carbons (Fsp3) is 0.333. The summed E-state index contributed by atoms with van der Waals surface area (Å²) >= 11 is 0. The van der Waals surface area contributed by atoms with Gasteiger partial charge in [-0.25, -0.2) is 17.9 Å². The Balaban J connectivity index is 2.44. The molecule has 0 aliphatic rings. The monoisotopic (exact) mass is 316 g/mol. The van der Waals surface area contributed by atoms with E-state index < -0.39 is 21.9 Å². The molecule has 1 amide bonds. The molecule has 8 nitrogen and oxygen atoms in total. The highest BCUT2D eigenvalue weighted by atomic mass is 32.2. The van der Waals surface area contributed by atoms with E-state index in [2.05, 4.69) is 4.72 Å². The van der Waals surface area contributed by atoms with E-state index in [1.807, 2.05) is 0 Å². The van der Waals surface area contributed by atoms with Crippen LogP contribution in [-0.2, 0) is 25.3 Å². The van der Waals surface area contributed by atoms with Gasteiger partial charge in [0.15, 0.2) is 0 Å². The maximum absolute atomic E-state index is 11.7. The first-order valence-corrected chi connectivity index (χ1v) is 7.61. The molecule has 0 atom stereocenters. The third-order valence-electron chi connectivity index (χ3n) is 2.37. The summed E-state index contributed by atoms with van der Waals surface area (Å²) in [7, 11) is -3.56. The summed E-state index contributed by atoms with van der Waals surface area (Å²) in [5.41, 5.74) is 5.40. The molecule has 0 aromatic heterocycles. The number of carbonyl (C=O) groups excluding carboxylic acids is 1. The Morgan fingerprint density at radius 1 is 1.24 bits per heavy atom.